The Labute approximate surface area is 177 Å². The summed E-state index contributed by atoms with van der Waals surface area (Å²) < 4.78 is 6.15. The van der Waals surface area contributed by atoms with Gasteiger partial charge in [-0.3, -0.25) is 0 Å². The third-order valence-electron chi connectivity index (χ3n) is 7.06. The highest BCUT2D eigenvalue weighted by atomic mass is 35.5. The van der Waals surface area contributed by atoms with Crippen LogP contribution in [0.5, 0.6) is 5.75 Å². The first-order chi connectivity index (χ1) is 13.6. The molecule has 4 heteroatoms. The first-order valence-corrected chi connectivity index (χ1v) is 11.2. The van der Waals surface area contributed by atoms with Crippen molar-refractivity contribution < 1.29 is 4.74 Å². The molecular formula is C24H27Cl2NO. The molecule has 0 aromatic heterocycles. The van der Waals surface area contributed by atoms with E-state index in [9.17, 15) is 0 Å². The van der Waals surface area contributed by atoms with Gasteiger partial charge in [0, 0.05) is 33.3 Å². The van der Waals surface area contributed by atoms with E-state index >= 15 is 0 Å². The van der Waals surface area contributed by atoms with Gasteiger partial charge in [0.25, 0.3) is 0 Å². The molecule has 6 rings (SSSR count). The summed E-state index contributed by atoms with van der Waals surface area (Å²) in [6.45, 7) is 1.27. The number of hydrogen-bond donors (Lipinski definition) is 1. The van der Waals surface area contributed by atoms with E-state index in [1.165, 1.54) is 38.5 Å². The van der Waals surface area contributed by atoms with Crippen molar-refractivity contribution in [3.63, 3.8) is 0 Å². The van der Waals surface area contributed by atoms with Crippen LogP contribution in [0.25, 0.3) is 0 Å². The average Bonchev–Trinajstić information content (AvgIpc) is 2.66. The Balaban J connectivity index is 1.30. The Morgan fingerprint density at radius 2 is 1.57 bits per heavy atom. The second-order valence-electron chi connectivity index (χ2n) is 9.18. The molecule has 2 nitrogen and oxygen atoms in total. The maximum absolute atomic E-state index is 6.31. The summed E-state index contributed by atoms with van der Waals surface area (Å²) in [5.74, 6) is 3.71. The minimum atomic E-state index is 0.330. The van der Waals surface area contributed by atoms with E-state index < -0.39 is 0 Å². The van der Waals surface area contributed by atoms with E-state index in [2.05, 4.69) is 5.32 Å². The van der Waals surface area contributed by atoms with Gasteiger partial charge in [0.05, 0.1) is 0 Å². The van der Waals surface area contributed by atoms with Gasteiger partial charge in [-0.25, -0.2) is 0 Å². The predicted octanol–water partition coefficient (Wildman–Crippen LogP) is 6.63. The van der Waals surface area contributed by atoms with Crippen LogP contribution in [0.3, 0.4) is 0 Å². The maximum Gasteiger partial charge on any atom is 0.124 e. The lowest BCUT2D eigenvalue weighted by atomic mass is 9.53. The Bertz CT molecular complexity index is 830. The molecule has 0 amide bonds. The molecule has 148 valence electrons. The zero-order chi connectivity index (χ0) is 19.1. The minimum Gasteiger partial charge on any atom is -0.489 e. The summed E-state index contributed by atoms with van der Waals surface area (Å²) in [7, 11) is 0. The molecular weight excluding hydrogens is 389 g/mol. The van der Waals surface area contributed by atoms with Crippen molar-refractivity contribution in [2.24, 2.45) is 17.8 Å². The van der Waals surface area contributed by atoms with E-state index in [-0.39, 0.29) is 0 Å². The van der Waals surface area contributed by atoms with Crippen molar-refractivity contribution in [2.45, 2.75) is 57.2 Å². The van der Waals surface area contributed by atoms with Gasteiger partial charge < -0.3 is 10.1 Å². The lowest BCUT2D eigenvalue weighted by Crippen LogP contribution is -2.58. The third-order valence-corrected chi connectivity index (χ3v) is 7.66. The fraction of sp³-hybridized carbons (Fsp3) is 0.500. The molecule has 4 saturated carbocycles. The van der Waals surface area contributed by atoms with Crippen LogP contribution in [-0.2, 0) is 13.2 Å². The van der Waals surface area contributed by atoms with Crippen LogP contribution in [0.15, 0.2) is 42.5 Å². The summed E-state index contributed by atoms with van der Waals surface area (Å²) in [6, 6.07) is 13.8. The predicted molar refractivity (Wildman–Crippen MR) is 115 cm³/mol. The summed E-state index contributed by atoms with van der Waals surface area (Å²) >= 11 is 12.6. The fourth-order valence-electron chi connectivity index (χ4n) is 6.21. The molecule has 1 N–H and O–H groups in total. The van der Waals surface area contributed by atoms with E-state index in [4.69, 9.17) is 27.9 Å². The normalized spacial score (nSPS) is 30.6. The quantitative estimate of drug-likeness (QED) is 0.571. The number of benzene rings is 2. The van der Waals surface area contributed by atoms with Crippen LogP contribution in [0.1, 0.15) is 49.7 Å². The lowest BCUT2D eigenvalue weighted by Gasteiger charge is -2.57. The highest BCUT2D eigenvalue weighted by Crippen LogP contribution is 2.55. The van der Waals surface area contributed by atoms with Crippen LogP contribution in [0.2, 0.25) is 10.0 Å². The summed E-state index contributed by atoms with van der Waals surface area (Å²) in [6.07, 6.45) is 8.42. The van der Waals surface area contributed by atoms with Gasteiger partial charge in [-0.1, -0.05) is 41.4 Å². The van der Waals surface area contributed by atoms with Crippen molar-refractivity contribution in [1.82, 2.24) is 5.32 Å². The second-order valence-corrected chi connectivity index (χ2v) is 10.0. The van der Waals surface area contributed by atoms with E-state index in [1.807, 2.05) is 42.5 Å². The zero-order valence-electron chi connectivity index (χ0n) is 16.1. The van der Waals surface area contributed by atoms with Crippen LogP contribution >= 0.6 is 23.2 Å². The van der Waals surface area contributed by atoms with Gasteiger partial charge in [-0.2, -0.15) is 0 Å². The Morgan fingerprint density at radius 3 is 2.25 bits per heavy atom. The third kappa shape index (κ3) is 3.79. The molecule has 4 fully saturated rings. The van der Waals surface area contributed by atoms with Gasteiger partial charge in [0.1, 0.15) is 12.4 Å². The van der Waals surface area contributed by atoms with Crippen molar-refractivity contribution in [3.05, 3.63) is 63.6 Å². The molecule has 2 aromatic rings. The summed E-state index contributed by atoms with van der Waals surface area (Å²) in [4.78, 5) is 0. The number of hydrogen-bond acceptors (Lipinski definition) is 2. The Hall–Kier alpha value is -1.22. The van der Waals surface area contributed by atoms with Crippen LogP contribution in [0, 0.1) is 17.8 Å². The monoisotopic (exact) mass is 415 g/mol. The summed E-state index contributed by atoms with van der Waals surface area (Å²) in [5, 5.41) is 5.45. The fourth-order valence-corrected chi connectivity index (χ4v) is 6.59. The average molecular weight is 416 g/mol. The van der Waals surface area contributed by atoms with Gasteiger partial charge >= 0.3 is 0 Å². The van der Waals surface area contributed by atoms with Crippen molar-refractivity contribution >= 4 is 23.2 Å². The molecule has 2 aromatic carbocycles. The van der Waals surface area contributed by atoms with Crippen LogP contribution in [0.4, 0.5) is 0 Å². The smallest absolute Gasteiger partial charge is 0.124 e. The van der Waals surface area contributed by atoms with Gasteiger partial charge in [0.2, 0.25) is 0 Å². The largest absolute Gasteiger partial charge is 0.489 e. The second kappa shape index (κ2) is 7.55. The highest BCUT2D eigenvalue weighted by Gasteiger charge is 2.50. The molecule has 4 aliphatic carbocycles. The van der Waals surface area contributed by atoms with Crippen molar-refractivity contribution in [3.8, 4) is 5.75 Å². The van der Waals surface area contributed by atoms with Gasteiger partial charge in [0.15, 0.2) is 0 Å². The molecule has 0 heterocycles. The molecule has 4 aliphatic rings. The molecule has 0 atom stereocenters. The first kappa shape index (κ1) is 18.8. The van der Waals surface area contributed by atoms with Crippen LogP contribution < -0.4 is 10.1 Å². The van der Waals surface area contributed by atoms with E-state index in [0.717, 1.165) is 51.2 Å². The first-order valence-electron chi connectivity index (χ1n) is 10.5. The number of nitrogens with one attached hydrogen (secondary N) is 1. The van der Waals surface area contributed by atoms with Crippen molar-refractivity contribution in [1.29, 1.82) is 0 Å². The standard InChI is InChI=1S/C24H27Cl2NO/c25-21-5-6-23(28-15-19-3-1-2-4-22(19)26)20(10-21)14-27-24-11-16-7-17(12-24)9-18(8-16)13-24/h1-6,10,16-18,27H,7-9,11-15H2. The van der Waals surface area contributed by atoms with E-state index in [1.54, 1.807) is 0 Å². The Morgan fingerprint density at radius 1 is 0.893 bits per heavy atom. The minimum absolute atomic E-state index is 0.330. The number of halogens is 2. The van der Waals surface area contributed by atoms with Crippen LogP contribution in [-0.4, -0.2) is 5.54 Å². The van der Waals surface area contributed by atoms with Gasteiger partial charge in [-0.05, 0) is 80.5 Å². The lowest BCUT2D eigenvalue weighted by molar-refractivity contribution is -0.0206. The molecule has 0 radical (unpaired) electrons. The molecule has 0 aliphatic heterocycles. The SMILES string of the molecule is Clc1ccc(OCc2ccccc2Cl)c(CNC23CC4CC(CC(C4)C2)C3)c1. The number of ether oxygens (including phenoxy) is 1. The van der Waals surface area contributed by atoms with Gasteiger partial charge in [-0.15, -0.1) is 0 Å². The van der Waals surface area contributed by atoms with Crippen molar-refractivity contribution in [2.75, 3.05) is 0 Å². The maximum atomic E-state index is 6.31. The number of rotatable bonds is 6. The highest BCUT2D eigenvalue weighted by molar-refractivity contribution is 6.31. The topological polar surface area (TPSA) is 21.3 Å². The summed E-state index contributed by atoms with van der Waals surface area (Å²) in [5.41, 5.74) is 2.46. The molecule has 0 spiro atoms. The molecule has 0 unspecified atom stereocenters. The molecule has 0 saturated heterocycles. The molecule has 4 bridgehead atoms. The zero-order valence-corrected chi connectivity index (χ0v) is 17.6. The van der Waals surface area contributed by atoms with E-state index in [0.29, 0.717) is 12.1 Å². The Kier molecular flexibility index (Phi) is 5.07. The molecule has 28 heavy (non-hydrogen) atoms.